The van der Waals surface area contributed by atoms with Crippen molar-refractivity contribution in [2.75, 3.05) is 31.6 Å². The van der Waals surface area contributed by atoms with Gasteiger partial charge in [-0.15, -0.1) is 0 Å². The molecule has 0 spiro atoms. The van der Waals surface area contributed by atoms with E-state index < -0.39 is 64.2 Å². The smallest absolute Gasteiger partial charge is 0.526 e. The Balaban J connectivity index is 1.75. The maximum Gasteiger partial charge on any atom is 0.526 e. The maximum absolute atomic E-state index is 13.2. The highest BCUT2D eigenvalue weighted by molar-refractivity contribution is 7.90. The summed E-state index contributed by atoms with van der Waals surface area (Å²) in [6.45, 7) is 2.01. The monoisotopic (exact) mass is 537 g/mol. The number of rotatable bonds is 9. The van der Waals surface area contributed by atoms with Gasteiger partial charge in [-0.3, -0.25) is 19.3 Å². The van der Waals surface area contributed by atoms with E-state index in [-0.39, 0.29) is 43.7 Å². The van der Waals surface area contributed by atoms with E-state index in [0.717, 1.165) is 6.26 Å². The summed E-state index contributed by atoms with van der Waals surface area (Å²) in [6, 6.07) is 2.11. The lowest BCUT2D eigenvalue weighted by Gasteiger charge is -2.33. The molecule has 200 valence electrons. The number of piperazine rings is 1. The van der Waals surface area contributed by atoms with Gasteiger partial charge in [-0.25, -0.2) is 18.0 Å². The Labute approximate surface area is 213 Å². The molecule has 0 unspecified atom stereocenters. The number of carbonyl (C=O) groups is 5. The van der Waals surface area contributed by atoms with Crippen LogP contribution < -0.4 is 9.97 Å². The van der Waals surface area contributed by atoms with E-state index in [4.69, 9.17) is 4.65 Å². The fourth-order valence-corrected chi connectivity index (χ4v) is 4.93. The number of carboxylic acid groups (broad SMARTS) is 1. The molecule has 0 aromatic heterocycles. The number of benzene rings is 1. The quantitative estimate of drug-likeness (QED) is 0.269. The third kappa shape index (κ3) is 6.66. The maximum atomic E-state index is 13.2. The average Bonchev–Trinajstić information content (AvgIpc) is 2.82. The first-order valence-corrected chi connectivity index (χ1v) is 13.7. The van der Waals surface area contributed by atoms with Gasteiger partial charge in [-0.1, -0.05) is 12.1 Å². The van der Waals surface area contributed by atoms with Crippen molar-refractivity contribution in [2.45, 2.75) is 38.0 Å². The molecule has 4 amide bonds. The Kier molecular flexibility index (Phi) is 8.59. The van der Waals surface area contributed by atoms with Gasteiger partial charge in [-0.2, -0.15) is 0 Å². The first kappa shape index (κ1) is 28.1. The highest BCUT2D eigenvalue weighted by Crippen LogP contribution is 2.36. The lowest BCUT2D eigenvalue weighted by Crippen LogP contribution is -2.59. The summed E-state index contributed by atoms with van der Waals surface area (Å²) in [4.78, 5) is 63.9. The lowest BCUT2D eigenvalue weighted by molar-refractivity contribution is -0.153. The van der Waals surface area contributed by atoms with Gasteiger partial charge >= 0.3 is 30.9 Å². The Morgan fingerprint density at radius 2 is 1.92 bits per heavy atom. The zero-order valence-corrected chi connectivity index (χ0v) is 21.2. The molecule has 2 aliphatic rings. The van der Waals surface area contributed by atoms with Gasteiger partial charge in [0, 0.05) is 38.1 Å². The Hall–Kier alpha value is -3.46. The molecule has 15 heteroatoms. The van der Waals surface area contributed by atoms with Crippen molar-refractivity contribution in [1.82, 2.24) is 15.1 Å². The number of carboxylic acids is 1. The second kappa shape index (κ2) is 11.3. The van der Waals surface area contributed by atoms with Crippen LogP contribution in [-0.4, -0.2) is 103 Å². The summed E-state index contributed by atoms with van der Waals surface area (Å²) in [5.74, 6) is -5.01. The predicted molar refractivity (Wildman–Crippen MR) is 130 cm³/mol. The Morgan fingerprint density at radius 1 is 1.22 bits per heavy atom. The molecule has 0 aliphatic carbocycles. The van der Waals surface area contributed by atoms with E-state index in [2.05, 4.69) is 5.32 Å². The molecular formula is C22H28BN3O10S. The number of hydrogen-bond donors (Lipinski definition) is 3. The molecule has 1 aromatic rings. The number of fused-ring (bicyclic) bond motifs is 1. The van der Waals surface area contributed by atoms with Gasteiger partial charge in [-0.05, 0) is 31.4 Å². The number of amides is 4. The van der Waals surface area contributed by atoms with Crippen molar-refractivity contribution in [1.29, 1.82) is 0 Å². The van der Waals surface area contributed by atoms with Crippen molar-refractivity contribution in [3.05, 3.63) is 29.3 Å². The summed E-state index contributed by atoms with van der Waals surface area (Å²) in [7, 11) is -5.04. The molecule has 13 nitrogen and oxygen atoms in total. The predicted octanol–water partition coefficient (Wildman–Crippen LogP) is -0.667. The van der Waals surface area contributed by atoms with E-state index in [9.17, 15) is 42.5 Å². The van der Waals surface area contributed by atoms with Crippen LogP contribution in [0.3, 0.4) is 0 Å². The largest absolute Gasteiger partial charge is 0.535 e. The van der Waals surface area contributed by atoms with Crippen LogP contribution in [0.4, 0.5) is 4.79 Å². The molecule has 2 heterocycles. The molecule has 1 saturated heterocycles. The minimum Gasteiger partial charge on any atom is -0.535 e. The first-order chi connectivity index (χ1) is 17.3. The van der Waals surface area contributed by atoms with E-state index in [1.807, 2.05) is 0 Å². The van der Waals surface area contributed by atoms with Crippen LogP contribution in [0.2, 0.25) is 5.82 Å². The number of urea groups is 1. The van der Waals surface area contributed by atoms with Crippen molar-refractivity contribution in [3.8, 4) is 5.75 Å². The van der Waals surface area contributed by atoms with Crippen LogP contribution in [0.5, 0.6) is 5.75 Å². The summed E-state index contributed by atoms with van der Waals surface area (Å²) >= 11 is 0. The number of nitrogens with one attached hydrogen (secondary N) is 1. The van der Waals surface area contributed by atoms with Gasteiger partial charge in [0.1, 0.15) is 15.6 Å². The highest BCUT2D eigenvalue weighted by Gasteiger charge is 2.40. The van der Waals surface area contributed by atoms with Gasteiger partial charge in [0.2, 0.25) is 0 Å². The molecule has 3 rings (SSSR count). The van der Waals surface area contributed by atoms with Crippen LogP contribution >= 0.6 is 0 Å². The fraction of sp³-hybridized carbons (Fsp3) is 0.500. The van der Waals surface area contributed by atoms with E-state index in [0.29, 0.717) is 17.0 Å². The molecule has 2 aliphatic heterocycles. The van der Waals surface area contributed by atoms with Crippen LogP contribution in [0.25, 0.3) is 0 Å². The van der Waals surface area contributed by atoms with Gasteiger partial charge in [0.25, 0.3) is 0 Å². The fourth-order valence-electron chi connectivity index (χ4n) is 4.27. The topological polar surface area (TPSA) is 188 Å². The second-order valence-electron chi connectivity index (χ2n) is 9.00. The summed E-state index contributed by atoms with van der Waals surface area (Å²) < 4.78 is 28.9. The highest BCUT2D eigenvalue weighted by atomic mass is 32.2. The zero-order valence-electron chi connectivity index (χ0n) is 20.4. The minimum absolute atomic E-state index is 0.00234. The number of carbonyl (C=O) groups excluding carboxylic acids is 4. The van der Waals surface area contributed by atoms with E-state index in [1.54, 1.807) is 13.0 Å². The second-order valence-corrected chi connectivity index (χ2v) is 11.3. The summed E-state index contributed by atoms with van der Waals surface area (Å²) in [5, 5.41) is 22.2. The molecule has 1 aromatic carbocycles. The Bertz CT molecular complexity index is 1220. The number of nitrogens with zero attached hydrogens (tertiary/aromatic N) is 2. The zero-order chi connectivity index (χ0) is 27.5. The molecular weight excluding hydrogens is 509 g/mol. The molecule has 1 fully saturated rings. The van der Waals surface area contributed by atoms with Gasteiger partial charge < -0.3 is 25.0 Å². The standard InChI is InChI=1S/C22H28BN3O10S/c1-3-25-8-9-26(20(29)19(25)28)22(32)24-16(7-10-37(2,34)35)17(27)12-14-11-13-5-4-6-15(21(30)31)18(13)36-23(14)33/h4-6,14,16,33H,3,7-12H2,1-2H3,(H,24,32)(H,30,31)/t14-,16-/m1/s1. The van der Waals surface area contributed by atoms with Crippen molar-refractivity contribution in [3.63, 3.8) is 0 Å². The number of imide groups is 1. The third-order valence-corrected chi connectivity index (χ3v) is 7.29. The first-order valence-electron chi connectivity index (χ1n) is 11.6. The summed E-state index contributed by atoms with van der Waals surface area (Å²) in [5.41, 5.74) is 0.333. The van der Waals surface area contributed by atoms with Crippen molar-refractivity contribution < 1.29 is 47.2 Å². The number of sulfone groups is 1. The van der Waals surface area contributed by atoms with Crippen LogP contribution in [0, 0.1) is 0 Å². The number of hydrogen-bond acceptors (Lipinski definition) is 9. The normalized spacial score (nSPS) is 18.7. The average molecular weight is 537 g/mol. The Morgan fingerprint density at radius 3 is 2.54 bits per heavy atom. The van der Waals surface area contributed by atoms with Crippen LogP contribution in [-0.2, 0) is 30.6 Å². The number of aromatic carboxylic acids is 1. The van der Waals surface area contributed by atoms with Crippen LogP contribution in [0.1, 0.15) is 35.7 Å². The molecule has 3 N–H and O–H groups in total. The van der Waals surface area contributed by atoms with E-state index in [1.165, 1.54) is 17.0 Å². The van der Waals surface area contributed by atoms with E-state index >= 15 is 0 Å². The molecule has 0 radical (unpaired) electrons. The minimum atomic E-state index is -3.51. The van der Waals surface area contributed by atoms with Crippen molar-refractivity contribution >= 4 is 46.6 Å². The van der Waals surface area contributed by atoms with Gasteiger partial charge in [0.05, 0.1) is 17.4 Å². The lowest BCUT2D eigenvalue weighted by atomic mass is 9.64. The molecule has 37 heavy (non-hydrogen) atoms. The molecule has 2 atom stereocenters. The number of ketones is 1. The SMILES string of the molecule is CCN1CCN(C(=O)N[C@H](CCS(C)(=O)=O)C(=O)C[C@H]2Cc3cccc(C(=O)O)c3OB2O)C(=O)C1=O. The summed E-state index contributed by atoms with van der Waals surface area (Å²) in [6.07, 6.45) is 0.452. The van der Waals surface area contributed by atoms with Crippen molar-refractivity contribution in [2.24, 2.45) is 0 Å². The number of para-hydroxylation sites is 1. The molecule has 0 saturated carbocycles. The number of Topliss-reactive ketones (excluding diaryl/α,β-unsaturated/α-hetero) is 1. The number of likely N-dealkylation sites (N-methyl/N-ethyl adjacent to an activating group) is 1. The van der Waals surface area contributed by atoms with Gasteiger partial charge in [0.15, 0.2) is 5.78 Å². The van der Waals surface area contributed by atoms with Crippen LogP contribution in [0.15, 0.2) is 18.2 Å². The molecule has 0 bridgehead atoms. The third-order valence-electron chi connectivity index (χ3n) is 6.31.